The smallest absolute Gasteiger partial charge is 0.254 e. The highest BCUT2D eigenvalue weighted by Crippen LogP contribution is 2.19. The second kappa shape index (κ2) is 8.71. The fraction of sp³-hybridized carbons (Fsp3) is 0.750. The monoisotopic (exact) mass is 386 g/mol. The zero-order valence-corrected chi connectivity index (χ0v) is 17.6. The van der Waals surface area contributed by atoms with E-state index in [1.807, 2.05) is 11.4 Å². The van der Waals surface area contributed by atoms with Crippen LogP contribution in [0.1, 0.15) is 31.3 Å². The molecule has 0 spiro atoms. The average molecular weight is 387 g/mol. The van der Waals surface area contributed by atoms with Crippen molar-refractivity contribution in [3.63, 3.8) is 0 Å². The summed E-state index contributed by atoms with van der Waals surface area (Å²) in [5, 5.41) is 4.84. The van der Waals surface area contributed by atoms with Gasteiger partial charge in [0.1, 0.15) is 5.82 Å². The first kappa shape index (κ1) is 19.5. The van der Waals surface area contributed by atoms with Gasteiger partial charge < -0.3 is 14.7 Å². The van der Waals surface area contributed by atoms with Crippen LogP contribution in [0.3, 0.4) is 0 Å². The number of piperazine rings is 2. The second-order valence-corrected chi connectivity index (χ2v) is 8.26. The molecule has 8 heteroatoms. The zero-order valence-electron chi connectivity index (χ0n) is 17.6. The Hall–Kier alpha value is -1.77. The molecule has 28 heavy (non-hydrogen) atoms. The molecule has 2 fully saturated rings. The van der Waals surface area contributed by atoms with E-state index in [2.05, 4.69) is 44.6 Å². The van der Waals surface area contributed by atoms with Gasteiger partial charge in [-0.1, -0.05) is 13.3 Å². The van der Waals surface area contributed by atoms with E-state index in [9.17, 15) is 0 Å². The molecule has 0 radical (unpaired) electrons. The predicted octanol–water partition coefficient (Wildman–Crippen LogP) is 1.10. The van der Waals surface area contributed by atoms with Crippen LogP contribution in [-0.2, 0) is 6.54 Å². The van der Waals surface area contributed by atoms with Gasteiger partial charge in [-0.2, -0.15) is 9.50 Å². The highest BCUT2D eigenvalue weighted by Gasteiger charge is 2.21. The molecule has 0 aliphatic carbocycles. The first-order valence-corrected chi connectivity index (χ1v) is 10.7. The van der Waals surface area contributed by atoms with Crippen LogP contribution in [0.25, 0.3) is 5.78 Å². The standard InChI is InChI=1S/C20H34N8/c1-4-5-6-25-9-11-26(12-10-25)16-18-22-20-21-17(2)15-19(28(20)23-18)27-13-7-24(3)8-14-27/h15H,4-14,16H2,1-3H3. The van der Waals surface area contributed by atoms with Crippen LogP contribution in [0.15, 0.2) is 6.07 Å². The van der Waals surface area contributed by atoms with Crippen molar-refractivity contribution in [2.24, 2.45) is 0 Å². The Bertz CT molecular complexity index is 772. The molecule has 0 bridgehead atoms. The van der Waals surface area contributed by atoms with E-state index >= 15 is 0 Å². The number of fused-ring (bicyclic) bond motifs is 1. The number of rotatable bonds is 6. The van der Waals surface area contributed by atoms with Crippen molar-refractivity contribution in [1.82, 2.24) is 34.3 Å². The molecule has 2 aliphatic heterocycles. The average Bonchev–Trinajstić information content (AvgIpc) is 3.09. The van der Waals surface area contributed by atoms with Crippen LogP contribution < -0.4 is 4.90 Å². The maximum atomic E-state index is 4.84. The van der Waals surface area contributed by atoms with Gasteiger partial charge in [-0.15, -0.1) is 5.10 Å². The molecule has 2 aliphatic rings. The highest BCUT2D eigenvalue weighted by atomic mass is 15.4. The molecule has 154 valence electrons. The van der Waals surface area contributed by atoms with Crippen molar-refractivity contribution in [2.75, 3.05) is 70.9 Å². The summed E-state index contributed by atoms with van der Waals surface area (Å²) in [5.74, 6) is 2.74. The van der Waals surface area contributed by atoms with Crippen LogP contribution in [0, 0.1) is 6.92 Å². The summed E-state index contributed by atoms with van der Waals surface area (Å²) in [6.45, 7) is 15.0. The van der Waals surface area contributed by atoms with Crippen molar-refractivity contribution < 1.29 is 0 Å². The number of nitrogens with zero attached hydrogens (tertiary/aromatic N) is 8. The Morgan fingerprint density at radius 2 is 1.64 bits per heavy atom. The number of likely N-dealkylation sites (N-methyl/N-ethyl adjacent to an activating group) is 1. The molecule has 0 unspecified atom stereocenters. The summed E-state index contributed by atoms with van der Waals surface area (Å²) in [6, 6.07) is 2.14. The van der Waals surface area contributed by atoms with Crippen LogP contribution >= 0.6 is 0 Å². The molecular weight excluding hydrogens is 352 g/mol. The van der Waals surface area contributed by atoms with E-state index in [-0.39, 0.29) is 0 Å². The molecule has 0 saturated carbocycles. The summed E-state index contributed by atoms with van der Waals surface area (Å²) in [6.07, 6.45) is 2.57. The Morgan fingerprint density at radius 1 is 0.929 bits per heavy atom. The second-order valence-electron chi connectivity index (χ2n) is 8.26. The highest BCUT2D eigenvalue weighted by molar-refractivity contribution is 5.48. The van der Waals surface area contributed by atoms with E-state index in [1.165, 1.54) is 19.4 Å². The molecular formula is C20H34N8. The Kier molecular flexibility index (Phi) is 6.08. The third-order valence-electron chi connectivity index (χ3n) is 5.95. The van der Waals surface area contributed by atoms with Gasteiger partial charge in [-0.05, 0) is 26.9 Å². The molecule has 4 rings (SSSR count). The first-order valence-electron chi connectivity index (χ1n) is 10.7. The molecule has 2 aromatic heterocycles. The number of unbranched alkanes of at least 4 members (excludes halogenated alkanes) is 1. The minimum atomic E-state index is 0.727. The van der Waals surface area contributed by atoms with Crippen LogP contribution in [0.5, 0.6) is 0 Å². The number of hydrogen-bond acceptors (Lipinski definition) is 7. The molecule has 0 atom stereocenters. The summed E-state index contributed by atoms with van der Waals surface area (Å²) >= 11 is 0. The van der Waals surface area contributed by atoms with E-state index in [0.717, 1.165) is 82.0 Å². The minimum absolute atomic E-state index is 0.727. The maximum absolute atomic E-state index is 4.84. The number of aryl methyl sites for hydroxylation is 1. The lowest BCUT2D eigenvalue weighted by molar-refractivity contribution is 0.124. The van der Waals surface area contributed by atoms with Gasteiger partial charge in [0.15, 0.2) is 5.82 Å². The molecule has 0 amide bonds. The van der Waals surface area contributed by atoms with E-state index in [4.69, 9.17) is 10.1 Å². The molecule has 4 heterocycles. The van der Waals surface area contributed by atoms with Crippen LogP contribution in [0.2, 0.25) is 0 Å². The van der Waals surface area contributed by atoms with Crippen LogP contribution in [0.4, 0.5) is 5.82 Å². The third kappa shape index (κ3) is 4.45. The van der Waals surface area contributed by atoms with Gasteiger partial charge in [-0.25, -0.2) is 4.98 Å². The number of hydrogen-bond donors (Lipinski definition) is 0. The van der Waals surface area contributed by atoms with E-state index in [0.29, 0.717) is 0 Å². The molecule has 2 aromatic rings. The number of anilines is 1. The Balaban J connectivity index is 1.45. The quantitative estimate of drug-likeness (QED) is 0.737. The fourth-order valence-electron chi connectivity index (χ4n) is 4.09. The van der Waals surface area contributed by atoms with Crippen molar-refractivity contribution in [1.29, 1.82) is 0 Å². The molecule has 2 saturated heterocycles. The summed E-state index contributed by atoms with van der Waals surface area (Å²) in [5.41, 5.74) is 1.00. The van der Waals surface area contributed by atoms with Gasteiger partial charge in [0, 0.05) is 64.1 Å². The fourth-order valence-corrected chi connectivity index (χ4v) is 4.09. The Labute approximate surface area is 168 Å². The molecule has 0 aromatic carbocycles. The maximum Gasteiger partial charge on any atom is 0.254 e. The lowest BCUT2D eigenvalue weighted by Gasteiger charge is -2.34. The molecule has 8 nitrogen and oxygen atoms in total. The van der Waals surface area contributed by atoms with Crippen LogP contribution in [-0.4, -0.2) is 100 Å². The van der Waals surface area contributed by atoms with E-state index in [1.54, 1.807) is 0 Å². The normalized spacial score (nSPS) is 20.3. The van der Waals surface area contributed by atoms with Crippen molar-refractivity contribution in [3.8, 4) is 0 Å². The first-order chi connectivity index (χ1) is 13.6. The van der Waals surface area contributed by atoms with Gasteiger partial charge in [0.05, 0.1) is 6.54 Å². The Morgan fingerprint density at radius 3 is 2.36 bits per heavy atom. The van der Waals surface area contributed by atoms with Gasteiger partial charge >= 0.3 is 0 Å². The molecule has 0 N–H and O–H groups in total. The van der Waals surface area contributed by atoms with Crippen molar-refractivity contribution in [2.45, 2.75) is 33.2 Å². The third-order valence-corrected chi connectivity index (χ3v) is 5.95. The summed E-state index contributed by atoms with van der Waals surface area (Å²) in [7, 11) is 2.18. The number of aromatic nitrogens is 4. The zero-order chi connectivity index (χ0) is 19.5. The van der Waals surface area contributed by atoms with Gasteiger partial charge in [0.25, 0.3) is 5.78 Å². The summed E-state index contributed by atoms with van der Waals surface area (Å²) in [4.78, 5) is 19.2. The predicted molar refractivity (Wildman–Crippen MR) is 112 cm³/mol. The largest absolute Gasteiger partial charge is 0.354 e. The SMILES string of the molecule is CCCCN1CCN(Cc2nc3nc(C)cc(N4CCN(C)CC4)n3n2)CC1. The summed E-state index contributed by atoms with van der Waals surface area (Å²) < 4.78 is 1.95. The van der Waals surface area contributed by atoms with Gasteiger partial charge in [-0.3, -0.25) is 4.90 Å². The lowest BCUT2D eigenvalue weighted by atomic mass is 10.2. The lowest BCUT2D eigenvalue weighted by Crippen LogP contribution is -2.46. The van der Waals surface area contributed by atoms with Gasteiger partial charge in [0.2, 0.25) is 0 Å². The van der Waals surface area contributed by atoms with E-state index < -0.39 is 0 Å². The van der Waals surface area contributed by atoms with Crippen molar-refractivity contribution in [3.05, 3.63) is 17.6 Å². The topological polar surface area (TPSA) is 56.0 Å². The van der Waals surface area contributed by atoms with Crippen molar-refractivity contribution >= 4 is 11.6 Å². The minimum Gasteiger partial charge on any atom is -0.354 e.